The average Bonchev–Trinajstić information content (AvgIpc) is 3.02. The van der Waals surface area contributed by atoms with Gasteiger partial charge in [-0.2, -0.15) is 0 Å². The van der Waals surface area contributed by atoms with Crippen LogP contribution >= 0.6 is 11.3 Å². The number of carboxylic acids is 1. The monoisotopic (exact) mass is 294 g/mol. The maximum Gasteiger partial charge on any atom is 0.347 e. The molecule has 2 rings (SSSR count). The van der Waals surface area contributed by atoms with Crippen molar-refractivity contribution in [1.29, 1.82) is 0 Å². The van der Waals surface area contributed by atoms with Crippen molar-refractivity contribution in [2.24, 2.45) is 0 Å². The Balaban J connectivity index is 1.99. The van der Waals surface area contributed by atoms with Crippen molar-refractivity contribution < 1.29 is 19.1 Å². The highest BCUT2D eigenvalue weighted by atomic mass is 32.1. The predicted molar refractivity (Wildman–Crippen MR) is 73.1 cm³/mol. The number of furan rings is 1. The molecule has 2 aromatic heterocycles. The minimum atomic E-state index is -1.00. The molecule has 0 fully saturated rings. The van der Waals surface area contributed by atoms with Gasteiger partial charge in [-0.3, -0.25) is 4.79 Å². The molecule has 0 aliphatic rings. The van der Waals surface area contributed by atoms with Gasteiger partial charge in [0.2, 0.25) is 0 Å². The lowest BCUT2D eigenvalue weighted by atomic mass is 10.3. The van der Waals surface area contributed by atoms with Crippen molar-refractivity contribution >= 4 is 23.2 Å². The van der Waals surface area contributed by atoms with Crippen LogP contribution in [0.2, 0.25) is 0 Å². The van der Waals surface area contributed by atoms with E-state index in [0.717, 1.165) is 23.5 Å². The molecule has 20 heavy (non-hydrogen) atoms. The van der Waals surface area contributed by atoms with E-state index in [1.165, 1.54) is 0 Å². The topological polar surface area (TPSA) is 92.4 Å². The number of carbonyl (C=O) groups excluding carboxylic acids is 1. The van der Waals surface area contributed by atoms with E-state index in [4.69, 9.17) is 9.52 Å². The number of carboxylic acid groups (broad SMARTS) is 1. The fraction of sp³-hybridized carbons (Fsp3) is 0.308. The zero-order chi connectivity index (χ0) is 14.7. The van der Waals surface area contributed by atoms with Crippen LogP contribution in [0, 0.1) is 6.92 Å². The summed E-state index contributed by atoms with van der Waals surface area (Å²) in [5, 5.41) is 12.1. The molecule has 6 nitrogen and oxygen atoms in total. The number of rotatable bonds is 5. The smallest absolute Gasteiger partial charge is 0.347 e. The Morgan fingerprint density at radius 2 is 2.20 bits per heavy atom. The SMILES string of the molecule is CCc1ccc(C(=O)NCc2nc(C)c(C(=O)O)s2)o1. The maximum atomic E-state index is 11.8. The van der Waals surface area contributed by atoms with Gasteiger partial charge in [-0.1, -0.05) is 6.92 Å². The number of thiazole rings is 1. The molecular formula is C13H14N2O4S. The highest BCUT2D eigenvalue weighted by Crippen LogP contribution is 2.18. The lowest BCUT2D eigenvalue weighted by Gasteiger charge is -1.99. The van der Waals surface area contributed by atoms with Gasteiger partial charge >= 0.3 is 5.97 Å². The van der Waals surface area contributed by atoms with E-state index in [-0.39, 0.29) is 23.1 Å². The number of nitrogens with zero attached hydrogens (tertiary/aromatic N) is 1. The van der Waals surface area contributed by atoms with Crippen molar-refractivity contribution in [2.45, 2.75) is 26.8 Å². The molecule has 0 spiro atoms. The molecule has 0 saturated heterocycles. The van der Waals surface area contributed by atoms with Gasteiger partial charge in [0.15, 0.2) is 5.76 Å². The van der Waals surface area contributed by atoms with E-state index in [2.05, 4.69) is 10.3 Å². The van der Waals surface area contributed by atoms with Crippen molar-refractivity contribution in [2.75, 3.05) is 0 Å². The predicted octanol–water partition coefficient (Wildman–Crippen LogP) is 2.24. The van der Waals surface area contributed by atoms with Crippen molar-refractivity contribution in [3.8, 4) is 0 Å². The van der Waals surface area contributed by atoms with Crippen molar-refractivity contribution in [3.63, 3.8) is 0 Å². The molecule has 1 amide bonds. The normalized spacial score (nSPS) is 10.5. The summed E-state index contributed by atoms with van der Waals surface area (Å²) in [6.07, 6.45) is 0.723. The third-order valence-corrected chi connectivity index (χ3v) is 3.81. The molecular weight excluding hydrogens is 280 g/mol. The van der Waals surface area contributed by atoms with E-state index in [9.17, 15) is 9.59 Å². The second kappa shape index (κ2) is 5.87. The highest BCUT2D eigenvalue weighted by Gasteiger charge is 2.15. The summed E-state index contributed by atoms with van der Waals surface area (Å²) in [5.74, 6) is -0.354. The van der Waals surface area contributed by atoms with Crippen LogP contribution in [0.3, 0.4) is 0 Å². The Morgan fingerprint density at radius 1 is 1.45 bits per heavy atom. The first-order chi connectivity index (χ1) is 9.51. The fourth-order valence-electron chi connectivity index (χ4n) is 1.66. The first-order valence-electron chi connectivity index (χ1n) is 6.07. The fourth-order valence-corrected chi connectivity index (χ4v) is 2.50. The zero-order valence-corrected chi connectivity index (χ0v) is 11.9. The largest absolute Gasteiger partial charge is 0.477 e. The minimum Gasteiger partial charge on any atom is -0.477 e. The number of hydrogen-bond acceptors (Lipinski definition) is 5. The highest BCUT2D eigenvalue weighted by molar-refractivity contribution is 7.13. The molecule has 2 heterocycles. The number of aromatic nitrogens is 1. The Bertz CT molecular complexity index is 645. The van der Waals surface area contributed by atoms with Gasteiger partial charge in [-0.25, -0.2) is 9.78 Å². The third-order valence-electron chi connectivity index (χ3n) is 2.67. The molecule has 2 N–H and O–H groups in total. The molecule has 0 saturated carbocycles. The molecule has 0 atom stereocenters. The molecule has 0 radical (unpaired) electrons. The van der Waals surface area contributed by atoms with Crippen LogP contribution < -0.4 is 5.32 Å². The summed E-state index contributed by atoms with van der Waals surface area (Å²) in [6.45, 7) is 3.75. The van der Waals surface area contributed by atoms with E-state index >= 15 is 0 Å². The lowest BCUT2D eigenvalue weighted by Crippen LogP contribution is -2.22. The standard InChI is InChI=1S/C13H14N2O4S/c1-3-8-4-5-9(19-8)12(16)14-6-10-15-7(2)11(20-10)13(17)18/h4-5H,3,6H2,1-2H3,(H,14,16)(H,17,18). The second-order valence-electron chi connectivity index (χ2n) is 4.13. The number of carbonyl (C=O) groups is 2. The molecule has 0 bridgehead atoms. The second-order valence-corrected chi connectivity index (χ2v) is 5.21. The van der Waals surface area contributed by atoms with E-state index < -0.39 is 5.97 Å². The number of amides is 1. The third kappa shape index (κ3) is 3.05. The van der Waals surface area contributed by atoms with E-state index in [1.807, 2.05) is 6.92 Å². The molecule has 0 aromatic carbocycles. The molecule has 0 aliphatic carbocycles. The van der Waals surface area contributed by atoms with Crippen LogP contribution in [-0.4, -0.2) is 22.0 Å². The number of nitrogens with one attached hydrogen (secondary N) is 1. The van der Waals surface area contributed by atoms with E-state index in [1.54, 1.807) is 19.1 Å². The number of hydrogen-bond donors (Lipinski definition) is 2. The first-order valence-corrected chi connectivity index (χ1v) is 6.89. The van der Waals surface area contributed by atoms with E-state index in [0.29, 0.717) is 10.7 Å². The van der Waals surface area contributed by atoms with Gasteiger partial charge < -0.3 is 14.8 Å². The zero-order valence-electron chi connectivity index (χ0n) is 11.1. The van der Waals surface area contributed by atoms with Gasteiger partial charge in [0, 0.05) is 6.42 Å². The summed E-state index contributed by atoms with van der Waals surface area (Å²) in [5.41, 5.74) is 0.456. The van der Waals surface area contributed by atoms with Crippen LogP contribution in [0.15, 0.2) is 16.5 Å². The Morgan fingerprint density at radius 3 is 2.75 bits per heavy atom. The molecule has 7 heteroatoms. The van der Waals surface area contributed by atoms with Crippen LogP contribution in [0.5, 0.6) is 0 Å². The summed E-state index contributed by atoms with van der Waals surface area (Å²) in [6, 6.07) is 3.37. The van der Waals surface area contributed by atoms with Gasteiger partial charge in [0.1, 0.15) is 15.6 Å². The molecule has 2 aromatic rings. The Kier molecular flexibility index (Phi) is 4.19. The molecule has 0 unspecified atom stereocenters. The summed E-state index contributed by atoms with van der Waals surface area (Å²) in [4.78, 5) is 27.0. The van der Waals surface area contributed by atoms with Crippen molar-refractivity contribution in [3.05, 3.63) is 39.2 Å². The van der Waals surface area contributed by atoms with Crippen LogP contribution in [-0.2, 0) is 13.0 Å². The van der Waals surface area contributed by atoms with Crippen LogP contribution in [0.25, 0.3) is 0 Å². The number of aryl methyl sites for hydroxylation is 2. The average molecular weight is 294 g/mol. The Hall–Kier alpha value is -2.15. The molecule has 0 aliphatic heterocycles. The Labute approximate surface area is 119 Å². The maximum absolute atomic E-state index is 11.8. The summed E-state index contributed by atoms with van der Waals surface area (Å²) in [7, 11) is 0. The first kappa shape index (κ1) is 14.3. The van der Waals surface area contributed by atoms with Crippen LogP contribution in [0.1, 0.15) is 43.6 Å². The van der Waals surface area contributed by atoms with Gasteiger partial charge in [0.05, 0.1) is 12.2 Å². The van der Waals surface area contributed by atoms with Crippen molar-refractivity contribution in [1.82, 2.24) is 10.3 Å². The molecule has 106 valence electrons. The van der Waals surface area contributed by atoms with Gasteiger partial charge in [0.25, 0.3) is 5.91 Å². The summed E-state index contributed by atoms with van der Waals surface area (Å²) < 4.78 is 5.33. The van der Waals surface area contributed by atoms with Gasteiger partial charge in [-0.05, 0) is 19.1 Å². The minimum absolute atomic E-state index is 0.180. The number of aromatic carboxylic acids is 1. The lowest BCUT2D eigenvalue weighted by molar-refractivity contribution is 0.0701. The van der Waals surface area contributed by atoms with Crippen LogP contribution in [0.4, 0.5) is 0 Å². The summed E-state index contributed by atoms with van der Waals surface area (Å²) >= 11 is 1.06. The van der Waals surface area contributed by atoms with Gasteiger partial charge in [-0.15, -0.1) is 11.3 Å². The quantitative estimate of drug-likeness (QED) is 0.882.